The van der Waals surface area contributed by atoms with Gasteiger partial charge in [-0.25, -0.2) is 0 Å². The van der Waals surface area contributed by atoms with Gasteiger partial charge >= 0.3 is 0 Å². The van der Waals surface area contributed by atoms with Crippen LogP contribution in [0.3, 0.4) is 0 Å². The second kappa shape index (κ2) is 6.36. The molecule has 17 heavy (non-hydrogen) atoms. The third-order valence-corrected chi connectivity index (χ3v) is 3.56. The third kappa shape index (κ3) is 3.96. The molecule has 1 aliphatic heterocycles. The summed E-state index contributed by atoms with van der Waals surface area (Å²) in [7, 11) is 1.73. The molecule has 4 heteroatoms. The SMILES string of the molecule is CCCC(C)(N)C(=O)N1CCC(COC)CC1. The lowest BCUT2D eigenvalue weighted by atomic mass is 9.92. The van der Waals surface area contributed by atoms with E-state index in [1.54, 1.807) is 7.11 Å². The number of nitrogens with zero attached hydrogens (tertiary/aromatic N) is 1. The van der Waals surface area contributed by atoms with Gasteiger partial charge < -0.3 is 15.4 Å². The van der Waals surface area contributed by atoms with Gasteiger partial charge in [-0.05, 0) is 32.1 Å². The summed E-state index contributed by atoms with van der Waals surface area (Å²) < 4.78 is 5.15. The Morgan fingerprint density at radius 1 is 1.47 bits per heavy atom. The first kappa shape index (κ1) is 14.5. The van der Waals surface area contributed by atoms with Crippen LogP contribution in [-0.4, -0.2) is 43.2 Å². The van der Waals surface area contributed by atoms with Crippen LogP contribution >= 0.6 is 0 Å². The Bertz CT molecular complexity index is 246. The minimum Gasteiger partial charge on any atom is -0.384 e. The smallest absolute Gasteiger partial charge is 0.242 e. The quantitative estimate of drug-likeness (QED) is 0.792. The van der Waals surface area contributed by atoms with Crippen LogP contribution in [0.2, 0.25) is 0 Å². The molecular formula is C13H26N2O2. The highest BCUT2D eigenvalue weighted by atomic mass is 16.5. The highest BCUT2D eigenvalue weighted by Crippen LogP contribution is 2.21. The van der Waals surface area contributed by atoms with Crippen molar-refractivity contribution in [1.82, 2.24) is 4.90 Å². The van der Waals surface area contributed by atoms with E-state index in [0.717, 1.165) is 45.4 Å². The zero-order chi connectivity index (χ0) is 12.9. The third-order valence-electron chi connectivity index (χ3n) is 3.56. The Morgan fingerprint density at radius 3 is 2.53 bits per heavy atom. The fourth-order valence-corrected chi connectivity index (χ4v) is 2.53. The number of rotatable bonds is 5. The van der Waals surface area contributed by atoms with Crippen LogP contribution < -0.4 is 5.73 Å². The van der Waals surface area contributed by atoms with E-state index in [1.165, 1.54) is 0 Å². The number of piperidine rings is 1. The van der Waals surface area contributed by atoms with E-state index in [0.29, 0.717) is 5.92 Å². The van der Waals surface area contributed by atoms with Crippen molar-refractivity contribution in [3.63, 3.8) is 0 Å². The molecular weight excluding hydrogens is 216 g/mol. The Balaban J connectivity index is 2.45. The first-order valence-corrected chi connectivity index (χ1v) is 6.58. The molecule has 1 rings (SSSR count). The number of methoxy groups -OCH3 is 1. The summed E-state index contributed by atoms with van der Waals surface area (Å²) in [6.45, 7) is 6.35. The maximum Gasteiger partial charge on any atom is 0.242 e. The van der Waals surface area contributed by atoms with Gasteiger partial charge in [0.25, 0.3) is 0 Å². The predicted molar refractivity (Wildman–Crippen MR) is 68.7 cm³/mol. The van der Waals surface area contributed by atoms with Crippen LogP contribution in [0.4, 0.5) is 0 Å². The number of ether oxygens (including phenoxy) is 1. The van der Waals surface area contributed by atoms with Gasteiger partial charge in [0.2, 0.25) is 5.91 Å². The second-order valence-corrected chi connectivity index (χ2v) is 5.36. The maximum atomic E-state index is 12.2. The molecule has 0 aliphatic carbocycles. The minimum atomic E-state index is -0.692. The molecule has 1 atom stereocenters. The number of likely N-dealkylation sites (tertiary alicyclic amines) is 1. The fourth-order valence-electron chi connectivity index (χ4n) is 2.53. The van der Waals surface area contributed by atoms with Crippen LogP contribution in [0, 0.1) is 5.92 Å². The van der Waals surface area contributed by atoms with E-state index in [2.05, 4.69) is 6.92 Å². The summed E-state index contributed by atoms with van der Waals surface area (Å²) in [6, 6.07) is 0. The summed E-state index contributed by atoms with van der Waals surface area (Å²) in [4.78, 5) is 14.2. The lowest BCUT2D eigenvalue weighted by Crippen LogP contribution is -2.55. The van der Waals surface area contributed by atoms with E-state index < -0.39 is 5.54 Å². The van der Waals surface area contributed by atoms with Crippen molar-refractivity contribution >= 4 is 5.91 Å². The summed E-state index contributed by atoms with van der Waals surface area (Å²) >= 11 is 0. The standard InChI is InChI=1S/C13H26N2O2/c1-4-7-13(2,14)12(16)15-8-5-11(6-9-15)10-17-3/h11H,4-10,14H2,1-3H3. The van der Waals surface area contributed by atoms with Crippen molar-refractivity contribution in [1.29, 1.82) is 0 Å². The van der Waals surface area contributed by atoms with Crippen molar-refractivity contribution in [2.45, 2.75) is 45.1 Å². The summed E-state index contributed by atoms with van der Waals surface area (Å²) in [5.74, 6) is 0.703. The van der Waals surface area contributed by atoms with E-state index in [4.69, 9.17) is 10.5 Å². The first-order valence-electron chi connectivity index (χ1n) is 6.58. The number of carbonyl (C=O) groups excluding carboxylic acids is 1. The molecule has 1 heterocycles. The largest absolute Gasteiger partial charge is 0.384 e. The van der Waals surface area contributed by atoms with Crippen molar-refractivity contribution in [3.05, 3.63) is 0 Å². The van der Waals surface area contributed by atoms with Crippen LogP contribution in [0.5, 0.6) is 0 Å². The molecule has 1 saturated heterocycles. The number of hydrogen-bond donors (Lipinski definition) is 1. The topological polar surface area (TPSA) is 55.6 Å². The van der Waals surface area contributed by atoms with Gasteiger partial charge in [0.05, 0.1) is 5.54 Å². The highest BCUT2D eigenvalue weighted by molar-refractivity contribution is 5.85. The molecule has 0 aromatic heterocycles. The second-order valence-electron chi connectivity index (χ2n) is 5.36. The summed E-state index contributed by atoms with van der Waals surface area (Å²) in [5, 5.41) is 0. The highest BCUT2D eigenvalue weighted by Gasteiger charge is 2.33. The zero-order valence-electron chi connectivity index (χ0n) is 11.4. The van der Waals surface area contributed by atoms with E-state index in [1.807, 2.05) is 11.8 Å². The Hall–Kier alpha value is -0.610. The van der Waals surface area contributed by atoms with Crippen LogP contribution in [0.1, 0.15) is 39.5 Å². The average molecular weight is 242 g/mol. The maximum absolute atomic E-state index is 12.2. The lowest BCUT2D eigenvalue weighted by Gasteiger charge is -2.36. The van der Waals surface area contributed by atoms with Gasteiger partial charge in [0.1, 0.15) is 0 Å². The van der Waals surface area contributed by atoms with Gasteiger partial charge in [-0.1, -0.05) is 13.3 Å². The average Bonchev–Trinajstić information content (AvgIpc) is 2.29. The molecule has 4 nitrogen and oxygen atoms in total. The predicted octanol–water partition coefficient (Wildman–Crippen LogP) is 1.39. The number of amides is 1. The Morgan fingerprint density at radius 2 is 2.06 bits per heavy atom. The Labute approximate surface area is 104 Å². The van der Waals surface area contributed by atoms with Gasteiger partial charge in [-0.15, -0.1) is 0 Å². The van der Waals surface area contributed by atoms with Crippen LogP contribution in [0.25, 0.3) is 0 Å². The number of nitrogens with two attached hydrogens (primary N) is 1. The molecule has 1 unspecified atom stereocenters. The minimum absolute atomic E-state index is 0.107. The van der Waals surface area contributed by atoms with E-state index in [9.17, 15) is 4.79 Å². The molecule has 0 aromatic rings. The number of hydrogen-bond acceptors (Lipinski definition) is 3. The Kier molecular flexibility index (Phi) is 5.40. The number of carbonyl (C=O) groups is 1. The van der Waals surface area contributed by atoms with Gasteiger partial charge in [0, 0.05) is 26.8 Å². The molecule has 0 bridgehead atoms. The van der Waals surface area contributed by atoms with Crippen LogP contribution in [0.15, 0.2) is 0 Å². The molecule has 2 N–H and O–H groups in total. The molecule has 100 valence electrons. The fraction of sp³-hybridized carbons (Fsp3) is 0.923. The lowest BCUT2D eigenvalue weighted by molar-refractivity contribution is -0.138. The first-order chi connectivity index (χ1) is 8.01. The van der Waals surface area contributed by atoms with Crippen LogP contribution in [-0.2, 0) is 9.53 Å². The summed E-state index contributed by atoms with van der Waals surface area (Å²) in [5.41, 5.74) is 5.39. The molecule has 0 radical (unpaired) electrons. The summed E-state index contributed by atoms with van der Waals surface area (Å²) in [6.07, 6.45) is 3.76. The zero-order valence-corrected chi connectivity index (χ0v) is 11.4. The van der Waals surface area contributed by atoms with Crippen molar-refractivity contribution < 1.29 is 9.53 Å². The van der Waals surface area contributed by atoms with Gasteiger partial charge in [-0.3, -0.25) is 4.79 Å². The molecule has 1 amide bonds. The molecule has 0 spiro atoms. The normalized spacial score (nSPS) is 21.3. The molecule has 1 aliphatic rings. The monoisotopic (exact) mass is 242 g/mol. The molecule has 0 saturated carbocycles. The van der Waals surface area contributed by atoms with E-state index in [-0.39, 0.29) is 5.91 Å². The molecule has 0 aromatic carbocycles. The van der Waals surface area contributed by atoms with Crippen molar-refractivity contribution in [2.75, 3.05) is 26.8 Å². The van der Waals surface area contributed by atoms with Gasteiger partial charge in [-0.2, -0.15) is 0 Å². The van der Waals surface area contributed by atoms with Gasteiger partial charge in [0.15, 0.2) is 0 Å². The molecule has 1 fully saturated rings. The van der Waals surface area contributed by atoms with Crippen molar-refractivity contribution in [3.8, 4) is 0 Å². The van der Waals surface area contributed by atoms with E-state index >= 15 is 0 Å². The van der Waals surface area contributed by atoms with Crippen molar-refractivity contribution in [2.24, 2.45) is 11.7 Å².